The molecule has 0 radical (unpaired) electrons. The van der Waals surface area contributed by atoms with E-state index in [2.05, 4.69) is 25.6 Å². The lowest BCUT2D eigenvalue weighted by Gasteiger charge is -2.10. The first-order valence-corrected chi connectivity index (χ1v) is 9.14. The third-order valence-electron chi connectivity index (χ3n) is 5.01. The Morgan fingerprint density at radius 3 is 2.86 bits per heavy atom. The van der Waals surface area contributed by atoms with Crippen LogP contribution in [0.2, 0.25) is 0 Å². The van der Waals surface area contributed by atoms with Gasteiger partial charge in [-0.1, -0.05) is 6.07 Å². The monoisotopic (exact) mass is 380 g/mol. The average molecular weight is 380 g/mol. The van der Waals surface area contributed by atoms with E-state index in [0.29, 0.717) is 29.4 Å². The number of nitrogens with zero attached hydrogens (tertiary/aromatic N) is 4. The Kier molecular flexibility index (Phi) is 3.94. The van der Waals surface area contributed by atoms with Crippen molar-refractivity contribution in [3.63, 3.8) is 0 Å². The van der Waals surface area contributed by atoms with E-state index in [1.54, 1.807) is 23.1 Å². The number of rotatable bonds is 5. The molecule has 1 saturated carbocycles. The molecule has 0 bridgehead atoms. The van der Waals surface area contributed by atoms with Crippen molar-refractivity contribution in [2.24, 2.45) is 7.05 Å². The van der Waals surface area contributed by atoms with Crippen molar-refractivity contribution < 1.29 is 8.78 Å². The van der Waals surface area contributed by atoms with Gasteiger partial charge in [-0.2, -0.15) is 10.2 Å². The van der Waals surface area contributed by atoms with Crippen LogP contribution in [0.4, 0.5) is 8.78 Å². The normalized spacial score (nSPS) is 14.1. The van der Waals surface area contributed by atoms with Gasteiger partial charge >= 0.3 is 0 Å². The second kappa shape index (κ2) is 6.49. The summed E-state index contributed by atoms with van der Waals surface area (Å²) in [6.45, 7) is 0.374. The largest absolute Gasteiger partial charge is 0.310 e. The minimum atomic E-state index is -0.633. The summed E-state index contributed by atoms with van der Waals surface area (Å²) in [5.41, 5.74) is 2.73. The number of nitrogens with one attached hydrogen (secondary N) is 2. The Morgan fingerprint density at radius 1 is 1.25 bits per heavy atom. The lowest BCUT2D eigenvalue weighted by molar-refractivity contribution is 0.564. The Hall–Kier alpha value is -3.13. The van der Waals surface area contributed by atoms with Gasteiger partial charge in [-0.05, 0) is 25.0 Å². The number of fused-ring (bicyclic) bond motifs is 1. The van der Waals surface area contributed by atoms with Crippen molar-refractivity contribution in [3.05, 3.63) is 54.0 Å². The van der Waals surface area contributed by atoms with E-state index in [0.717, 1.165) is 23.8 Å². The molecule has 0 spiro atoms. The maximum absolute atomic E-state index is 15.1. The van der Waals surface area contributed by atoms with Crippen LogP contribution >= 0.6 is 0 Å². The molecule has 3 heterocycles. The van der Waals surface area contributed by atoms with Crippen LogP contribution in [0.15, 0.2) is 36.8 Å². The van der Waals surface area contributed by atoms with Gasteiger partial charge in [0.1, 0.15) is 17.3 Å². The smallest absolute Gasteiger partial charge is 0.140 e. The topological polar surface area (TPSA) is 71.4 Å². The first-order valence-electron chi connectivity index (χ1n) is 9.14. The number of hydrogen-bond acceptors (Lipinski definition) is 4. The van der Waals surface area contributed by atoms with Crippen LogP contribution in [0.1, 0.15) is 18.4 Å². The van der Waals surface area contributed by atoms with Gasteiger partial charge in [-0.15, -0.1) is 0 Å². The SMILES string of the molecule is Cn1cc(-c2n[nH]c3cnc(-c4c(F)ccc(CNC5CC5)c4F)cc23)cn1. The maximum atomic E-state index is 15.1. The predicted molar refractivity (Wildman–Crippen MR) is 101 cm³/mol. The van der Waals surface area contributed by atoms with Crippen molar-refractivity contribution in [3.8, 4) is 22.5 Å². The van der Waals surface area contributed by atoms with Crippen molar-refractivity contribution in [1.82, 2.24) is 30.3 Å². The Labute approximate surface area is 159 Å². The van der Waals surface area contributed by atoms with Crippen LogP contribution in [0, 0.1) is 11.6 Å². The Morgan fingerprint density at radius 2 is 2.11 bits per heavy atom. The summed E-state index contributed by atoms with van der Waals surface area (Å²) >= 11 is 0. The molecule has 28 heavy (non-hydrogen) atoms. The molecule has 6 nitrogen and oxygen atoms in total. The highest BCUT2D eigenvalue weighted by Gasteiger charge is 2.23. The first kappa shape index (κ1) is 17.0. The van der Waals surface area contributed by atoms with E-state index >= 15 is 4.39 Å². The lowest BCUT2D eigenvalue weighted by atomic mass is 10.0. The zero-order valence-corrected chi connectivity index (χ0v) is 15.2. The number of pyridine rings is 1. The molecular formula is C20H18F2N6. The van der Waals surface area contributed by atoms with Crippen LogP contribution in [-0.4, -0.2) is 31.0 Å². The number of hydrogen-bond donors (Lipinski definition) is 2. The van der Waals surface area contributed by atoms with E-state index < -0.39 is 11.6 Å². The van der Waals surface area contributed by atoms with Crippen molar-refractivity contribution in [2.75, 3.05) is 0 Å². The highest BCUT2D eigenvalue weighted by Crippen LogP contribution is 2.32. The fourth-order valence-corrected chi connectivity index (χ4v) is 3.33. The third kappa shape index (κ3) is 2.95. The lowest BCUT2D eigenvalue weighted by Crippen LogP contribution is -2.16. The van der Waals surface area contributed by atoms with Gasteiger partial charge in [0.05, 0.1) is 29.2 Å². The van der Waals surface area contributed by atoms with Crippen LogP contribution < -0.4 is 5.32 Å². The van der Waals surface area contributed by atoms with Crippen molar-refractivity contribution in [1.29, 1.82) is 0 Å². The van der Waals surface area contributed by atoms with Crippen LogP contribution in [0.5, 0.6) is 0 Å². The van der Waals surface area contributed by atoms with E-state index in [9.17, 15) is 4.39 Å². The second-order valence-corrected chi connectivity index (χ2v) is 7.14. The fraction of sp³-hybridized carbons (Fsp3) is 0.250. The average Bonchev–Trinajstić information content (AvgIpc) is 3.26. The van der Waals surface area contributed by atoms with Gasteiger partial charge in [0, 0.05) is 42.3 Å². The van der Waals surface area contributed by atoms with E-state index in [4.69, 9.17) is 0 Å². The van der Waals surface area contributed by atoms with E-state index in [1.165, 1.54) is 12.1 Å². The molecule has 2 N–H and O–H groups in total. The number of aromatic nitrogens is 5. The standard InChI is InChI=1S/C20H18F2N6/c1-28-10-12(8-25-28)20-14-6-16(24-9-17(14)26-27-20)18-15(21)5-2-11(19(18)22)7-23-13-3-4-13/h2,5-6,8-10,13,23H,3-4,7H2,1H3,(H,26,27). The van der Waals surface area contributed by atoms with Gasteiger partial charge < -0.3 is 5.32 Å². The Balaban J connectivity index is 1.59. The highest BCUT2D eigenvalue weighted by molar-refractivity contribution is 5.94. The number of H-pyrrole nitrogens is 1. The quantitative estimate of drug-likeness (QED) is 0.555. The molecule has 1 aliphatic rings. The molecule has 1 aromatic carbocycles. The number of halogens is 2. The fourth-order valence-electron chi connectivity index (χ4n) is 3.33. The molecule has 142 valence electrons. The third-order valence-corrected chi connectivity index (χ3v) is 5.01. The van der Waals surface area contributed by atoms with E-state index in [-0.39, 0.29) is 11.3 Å². The molecule has 0 saturated heterocycles. The van der Waals surface area contributed by atoms with Gasteiger partial charge in [0.15, 0.2) is 0 Å². The van der Waals surface area contributed by atoms with Crippen molar-refractivity contribution in [2.45, 2.75) is 25.4 Å². The molecule has 5 rings (SSSR count). The maximum Gasteiger partial charge on any atom is 0.140 e. The summed E-state index contributed by atoms with van der Waals surface area (Å²) in [5, 5.41) is 15.4. The summed E-state index contributed by atoms with van der Waals surface area (Å²) in [7, 11) is 1.82. The molecule has 3 aromatic heterocycles. The number of aromatic amines is 1. The molecule has 4 aromatic rings. The summed E-state index contributed by atoms with van der Waals surface area (Å²) in [6.07, 6.45) is 7.28. The number of benzene rings is 1. The summed E-state index contributed by atoms with van der Waals surface area (Å²) < 4.78 is 31.3. The molecule has 1 aliphatic carbocycles. The summed E-state index contributed by atoms with van der Waals surface area (Å²) in [6, 6.07) is 4.89. The Bertz CT molecular complexity index is 1170. The van der Waals surface area contributed by atoms with Crippen LogP contribution in [0.3, 0.4) is 0 Å². The minimum Gasteiger partial charge on any atom is -0.310 e. The van der Waals surface area contributed by atoms with Crippen LogP contribution in [0.25, 0.3) is 33.4 Å². The van der Waals surface area contributed by atoms with Crippen molar-refractivity contribution >= 4 is 10.9 Å². The molecular weight excluding hydrogens is 362 g/mol. The summed E-state index contributed by atoms with van der Waals surface area (Å²) in [4.78, 5) is 4.27. The molecule has 0 aliphatic heterocycles. The molecule has 8 heteroatoms. The van der Waals surface area contributed by atoms with Gasteiger partial charge in [-0.3, -0.25) is 14.8 Å². The van der Waals surface area contributed by atoms with Crippen LogP contribution in [-0.2, 0) is 13.6 Å². The van der Waals surface area contributed by atoms with Gasteiger partial charge in [0.25, 0.3) is 0 Å². The number of aryl methyl sites for hydroxylation is 1. The highest BCUT2D eigenvalue weighted by atomic mass is 19.1. The summed E-state index contributed by atoms with van der Waals surface area (Å²) in [5.74, 6) is -1.21. The van der Waals surface area contributed by atoms with Gasteiger partial charge in [-0.25, -0.2) is 8.78 Å². The van der Waals surface area contributed by atoms with Gasteiger partial charge in [0.2, 0.25) is 0 Å². The zero-order valence-electron chi connectivity index (χ0n) is 15.2. The predicted octanol–water partition coefficient (Wildman–Crippen LogP) is 3.56. The molecule has 0 amide bonds. The molecule has 1 fully saturated rings. The molecule has 0 unspecified atom stereocenters. The second-order valence-electron chi connectivity index (χ2n) is 7.14. The first-order chi connectivity index (χ1) is 13.6. The minimum absolute atomic E-state index is 0.115. The zero-order chi connectivity index (χ0) is 19.3. The van der Waals surface area contributed by atoms with E-state index in [1.807, 2.05) is 13.2 Å². The molecule has 0 atom stereocenters.